The number of hydrogen-bond donors (Lipinski definition) is 1. The highest BCUT2D eigenvalue weighted by molar-refractivity contribution is 6.31. The van der Waals surface area contributed by atoms with Gasteiger partial charge in [-0.25, -0.2) is 4.98 Å². The highest BCUT2D eigenvalue weighted by atomic mass is 35.5. The number of hydrogen-bond acceptors (Lipinski definition) is 4. The van der Waals surface area contributed by atoms with Gasteiger partial charge in [-0.3, -0.25) is 0 Å². The minimum absolute atomic E-state index is 0.554. The van der Waals surface area contributed by atoms with Crippen molar-refractivity contribution in [3.63, 3.8) is 0 Å². The van der Waals surface area contributed by atoms with E-state index in [2.05, 4.69) is 42.9 Å². The number of rotatable bonds is 5. The number of nitrogens with one attached hydrogen (secondary N) is 1. The van der Waals surface area contributed by atoms with Crippen LogP contribution in [0.3, 0.4) is 0 Å². The van der Waals surface area contributed by atoms with E-state index in [1.54, 1.807) is 0 Å². The first-order chi connectivity index (χ1) is 9.97. The Morgan fingerprint density at radius 1 is 1.38 bits per heavy atom. The molecule has 0 amide bonds. The van der Waals surface area contributed by atoms with E-state index >= 15 is 0 Å². The lowest BCUT2D eigenvalue weighted by Crippen LogP contribution is -2.50. The fraction of sp³-hybridized carbons (Fsp3) is 0.688. The predicted molar refractivity (Wildman–Crippen MR) is 90.1 cm³/mol. The second kappa shape index (κ2) is 7.43. The molecule has 0 spiro atoms. The van der Waals surface area contributed by atoms with Crippen LogP contribution < -0.4 is 10.2 Å². The summed E-state index contributed by atoms with van der Waals surface area (Å²) >= 11 is 6.27. The molecule has 0 bridgehead atoms. The highest BCUT2D eigenvalue weighted by Gasteiger charge is 2.22. The second-order valence-electron chi connectivity index (χ2n) is 6.40. The average Bonchev–Trinajstić information content (AvgIpc) is 2.43. The smallest absolute Gasteiger partial charge is 0.129 e. The lowest BCUT2D eigenvalue weighted by Gasteiger charge is -2.38. The highest BCUT2D eigenvalue weighted by Crippen LogP contribution is 2.21. The molecule has 1 unspecified atom stereocenters. The monoisotopic (exact) mass is 310 g/mol. The molecule has 0 aromatic carbocycles. The van der Waals surface area contributed by atoms with E-state index < -0.39 is 0 Å². The number of nitrogens with zero attached hydrogens (tertiary/aromatic N) is 3. The third-order valence-electron chi connectivity index (χ3n) is 4.03. The summed E-state index contributed by atoms with van der Waals surface area (Å²) in [5.41, 5.74) is 0.946. The normalized spacial score (nSPS) is 20.3. The number of halogens is 1. The summed E-state index contributed by atoms with van der Waals surface area (Å²) in [4.78, 5) is 9.51. The van der Waals surface area contributed by atoms with Crippen LogP contribution in [0.1, 0.15) is 26.5 Å². The number of anilines is 1. The van der Waals surface area contributed by atoms with Gasteiger partial charge in [0.25, 0.3) is 0 Å². The first kappa shape index (κ1) is 16.5. The summed E-state index contributed by atoms with van der Waals surface area (Å²) in [7, 11) is 2.18. The standard InChI is InChI=1S/C16H27ClN4/c1-12(2)9-18-10-15-14(17)5-6-16(19-15)21-8-7-20(4)13(3)11-21/h5-6,12-13,18H,7-11H2,1-4H3. The van der Waals surface area contributed by atoms with Crippen LogP contribution in [0, 0.1) is 5.92 Å². The Bertz CT molecular complexity index is 464. The van der Waals surface area contributed by atoms with E-state index in [1.807, 2.05) is 12.1 Å². The Hall–Kier alpha value is -0.840. The Balaban J connectivity index is 2.04. The summed E-state index contributed by atoms with van der Waals surface area (Å²) in [6, 6.07) is 4.56. The molecule has 1 saturated heterocycles. The molecule has 1 aliphatic rings. The molecule has 5 heteroatoms. The Morgan fingerprint density at radius 2 is 2.14 bits per heavy atom. The van der Waals surface area contributed by atoms with Crippen LogP contribution in [0.4, 0.5) is 5.82 Å². The third-order valence-corrected chi connectivity index (χ3v) is 4.38. The van der Waals surface area contributed by atoms with Crippen molar-refractivity contribution < 1.29 is 0 Å². The third kappa shape index (κ3) is 4.56. The van der Waals surface area contributed by atoms with Gasteiger partial charge in [0.1, 0.15) is 5.82 Å². The van der Waals surface area contributed by atoms with Crippen molar-refractivity contribution in [1.29, 1.82) is 0 Å². The number of piperazine rings is 1. The quantitative estimate of drug-likeness (QED) is 0.906. The van der Waals surface area contributed by atoms with Crippen molar-refractivity contribution in [2.75, 3.05) is 38.1 Å². The number of pyridine rings is 1. The van der Waals surface area contributed by atoms with E-state index in [4.69, 9.17) is 16.6 Å². The molecule has 0 aliphatic carbocycles. The van der Waals surface area contributed by atoms with Crippen LogP contribution in [0.25, 0.3) is 0 Å². The maximum Gasteiger partial charge on any atom is 0.129 e. The van der Waals surface area contributed by atoms with Crippen LogP contribution >= 0.6 is 11.6 Å². The van der Waals surface area contributed by atoms with E-state index in [9.17, 15) is 0 Å². The van der Waals surface area contributed by atoms with Crippen molar-refractivity contribution in [1.82, 2.24) is 15.2 Å². The molecule has 118 valence electrons. The van der Waals surface area contributed by atoms with E-state index in [0.717, 1.165) is 49.3 Å². The van der Waals surface area contributed by atoms with Gasteiger partial charge in [-0.15, -0.1) is 0 Å². The molecule has 1 aliphatic heterocycles. The molecule has 2 heterocycles. The zero-order valence-corrected chi connectivity index (χ0v) is 14.3. The fourth-order valence-corrected chi connectivity index (χ4v) is 2.68. The zero-order chi connectivity index (χ0) is 15.4. The van der Waals surface area contributed by atoms with Crippen molar-refractivity contribution in [3.05, 3.63) is 22.8 Å². The molecule has 4 nitrogen and oxygen atoms in total. The van der Waals surface area contributed by atoms with E-state index in [-0.39, 0.29) is 0 Å². The summed E-state index contributed by atoms with van der Waals surface area (Å²) in [5, 5.41) is 4.16. The summed E-state index contributed by atoms with van der Waals surface area (Å²) in [6.45, 7) is 11.5. The Morgan fingerprint density at radius 3 is 2.81 bits per heavy atom. The maximum absolute atomic E-state index is 6.27. The van der Waals surface area contributed by atoms with Gasteiger partial charge in [0.05, 0.1) is 10.7 Å². The summed E-state index contributed by atoms with van der Waals surface area (Å²) < 4.78 is 0. The molecule has 0 radical (unpaired) electrons. The van der Waals surface area contributed by atoms with E-state index in [1.165, 1.54) is 0 Å². The molecular weight excluding hydrogens is 284 g/mol. The van der Waals surface area contributed by atoms with Crippen LogP contribution in [0.2, 0.25) is 5.02 Å². The Kier molecular flexibility index (Phi) is 5.85. The summed E-state index contributed by atoms with van der Waals surface area (Å²) in [5.74, 6) is 1.67. The van der Waals surface area contributed by atoms with Crippen molar-refractivity contribution in [2.45, 2.75) is 33.4 Å². The maximum atomic E-state index is 6.27. The molecule has 1 N–H and O–H groups in total. The lowest BCUT2D eigenvalue weighted by atomic mass is 10.2. The minimum Gasteiger partial charge on any atom is -0.354 e. The number of aromatic nitrogens is 1. The topological polar surface area (TPSA) is 31.4 Å². The average molecular weight is 311 g/mol. The van der Waals surface area contributed by atoms with Gasteiger partial charge < -0.3 is 15.1 Å². The first-order valence-corrected chi connectivity index (χ1v) is 8.16. The van der Waals surface area contributed by atoms with Gasteiger partial charge in [0.2, 0.25) is 0 Å². The Labute approximate surface area is 133 Å². The molecule has 21 heavy (non-hydrogen) atoms. The minimum atomic E-state index is 0.554. The SMILES string of the molecule is CC(C)CNCc1nc(N2CCN(C)C(C)C2)ccc1Cl. The fourth-order valence-electron chi connectivity index (χ4n) is 2.51. The van der Waals surface area contributed by atoms with Crippen LogP contribution in [-0.4, -0.2) is 49.2 Å². The van der Waals surface area contributed by atoms with Crippen LogP contribution in [-0.2, 0) is 6.54 Å². The molecule has 1 atom stereocenters. The van der Waals surface area contributed by atoms with Crippen molar-refractivity contribution in [2.24, 2.45) is 5.92 Å². The van der Waals surface area contributed by atoms with Crippen molar-refractivity contribution >= 4 is 17.4 Å². The van der Waals surface area contributed by atoms with Gasteiger partial charge >= 0.3 is 0 Å². The molecule has 1 aromatic heterocycles. The van der Waals surface area contributed by atoms with E-state index in [0.29, 0.717) is 12.0 Å². The number of likely N-dealkylation sites (N-methyl/N-ethyl adjacent to an activating group) is 1. The molecule has 1 aromatic rings. The molecular formula is C16H27ClN4. The summed E-state index contributed by atoms with van der Waals surface area (Å²) in [6.07, 6.45) is 0. The van der Waals surface area contributed by atoms with Crippen molar-refractivity contribution in [3.8, 4) is 0 Å². The van der Waals surface area contributed by atoms with Gasteiger partial charge in [0.15, 0.2) is 0 Å². The lowest BCUT2D eigenvalue weighted by molar-refractivity contribution is 0.233. The molecule has 1 fully saturated rings. The van der Waals surface area contributed by atoms with Gasteiger partial charge in [0, 0.05) is 32.2 Å². The molecule has 2 rings (SSSR count). The van der Waals surface area contributed by atoms with Crippen LogP contribution in [0.5, 0.6) is 0 Å². The largest absolute Gasteiger partial charge is 0.354 e. The zero-order valence-electron chi connectivity index (χ0n) is 13.6. The van der Waals surface area contributed by atoms with Gasteiger partial charge in [-0.1, -0.05) is 25.4 Å². The van der Waals surface area contributed by atoms with Gasteiger partial charge in [-0.2, -0.15) is 0 Å². The van der Waals surface area contributed by atoms with Gasteiger partial charge in [-0.05, 0) is 38.6 Å². The molecule has 0 saturated carbocycles. The predicted octanol–water partition coefficient (Wildman–Crippen LogP) is 2.62. The van der Waals surface area contributed by atoms with Crippen LogP contribution in [0.15, 0.2) is 12.1 Å². The first-order valence-electron chi connectivity index (χ1n) is 7.78. The second-order valence-corrected chi connectivity index (χ2v) is 6.81.